The molecule has 4 bridgehead atoms. The van der Waals surface area contributed by atoms with Crippen molar-refractivity contribution < 1.29 is 23.8 Å². The number of rotatable bonds is 2. The molecule has 0 spiro atoms. The zero-order chi connectivity index (χ0) is 21.2. The molecule has 1 aliphatic heterocycles. The van der Waals surface area contributed by atoms with E-state index in [4.69, 9.17) is 14.2 Å². The number of hydrogen-bond donors (Lipinski definition) is 2. The largest absolute Gasteiger partial charge is 0.464 e. The Morgan fingerprint density at radius 3 is 2.57 bits per heavy atom. The van der Waals surface area contributed by atoms with E-state index in [9.17, 15) is 9.59 Å². The highest BCUT2D eigenvalue weighted by Crippen LogP contribution is 2.19. The Morgan fingerprint density at radius 2 is 1.77 bits per heavy atom. The van der Waals surface area contributed by atoms with Crippen molar-refractivity contribution in [2.45, 2.75) is 32.6 Å². The maximum Gasteiger partial charge on any atom is 0.323 e. The van der Waals surface area contributed by atoms with E-state index in [1.165, 1.54) is 0 Å². The summed E-state index contributed by atoms with van der Waals surface area (Å²) < 4.78 is 15.6. The van der Waals surface area contributed by atoms with E-state index in [2.05, 4.69) is 25.6 Å². The second-order valence-electron chi connectivity index (χ2n) is 6.49. The fourth-order valence-electron chi connectivity index (χ4n) is 2.75. The first-order chi connectivity index (χ1) is 14.6. The van der Waals surface area contributed by atoms with E-state index < -0.39 is 0 Å². The van der Waals surface area contributed by atoms with Crippen LogP contribution in [0.3, 0.4) is 0 Å². The summed E-state index contributed by atoms with van der Waals surface area (Å²) in [6.07, 6.45) is 1.49. The molecule has 0 amide bonds. The van der Waals surface area contributed by atoms with E-state index >= 15 is 0 Å². The predicted octanol–water partition coefficient (Wildman–Crippen LogP) is 2.24. The van der Waals surface area contributed by atoms with Crippen molar-refractivity contribution in [3.63, 3.8) is 0 Å². The average Bonchev–Trinajstić information content (AvgIpc) is 2.73. The van der Waals surface area contributed by atoms with Crippen LogP contribution in [0.4, 0.5) is 17.6 Å². The van der Waals surface area contributed by atoms with Gasteiger partial charge in [-0.3, -0.25) is 9.59 Å². The number of carbonyl (C=O) groups is 2. The number of anilines is 3. The number of esters is 2. The van der Waals surface area contributed by atoms with Crippen LogP contribution >= 0.6 is 0 Å². The minimum absolute atomic E-state index is 0.0476. The number of nitrogens with zero attached hydrogens (tertiary/aromatic N) is 3. The molecule has 2 N–H and O–H groups in total. The quantitative estimate of drug-likeness (QED) is 0.706. The zero-order valence-corrected chi connectivity index (χ0v) is 16.8. The third-order valence-electron chi connectivity index (χ3n) is 4.14. The Hall–Kier alpha value is -3.43. The number of benzene rings is 1. The van der Waals surface area contributed by atoms with Gasteiger partial charge in [0.25, 0.3) is 0 Å². The first-order valence-electron chi connectivity index (χ1n) is 9.92. The smallest absolute Gasteiger partial charge is 0.323 e. The molecule has 0 radical (unpaired) electrons. The monoisotopic (exact) mass is 415 g/mol. The molecule has 0 atom stereocenters. The van der Waals surface area contributed by atoms with Gasteiger partial charge >= 0.3 is 17.9 Å². The van der Waals surface area contributed by atoms with Gasteiger partial charge in [-0.2, -0.15) is 15.0 Å². The highest BCUT2D eigenvalue weighted by molar-refractivity contribution is 5.70. The van der Waals surface area contributed by atoms with E-state index in [0.717, 1.165) is 11.3 Å². The van der Waals surface area contributed by atoms with Gasteiger partial charge in [-0.25, -0.2) is 0 Å². The van der Waals surface area contributed by atoms with Crippen LogP contribution in [-0.4, -0.2) is 53.3 Å². The van der Waals surface area contributed by atoms with Crippen LogP contribution in [0.15, 0.2) is 24.3 Å². The lowest BCUT2D eigenvalue weighted by Crippen LogP contribution is -2.15. The molecular formula is C20H25N5O5. The third-order valence-corrected chi connectivity index (χ3v) is 4.14. The SMILES string of the molecule is CCOc1nc2nc(n1)Nc1cccc(c1)CCC(=O)OCCOC(=O)CCCN2. The van der Waals surface area contributed by atoms with Gasteiger partial charge in [-0.15, -0.1) is 0 Å². The molecule has 3 rings (SSSR count). The second kappa shape index (κ2) is 10.9. The molecule has 1 aromatic carbocycles. The summed E-state index contributed by atoms with van der Waals surface area (Å²) >= 11 is 0. The number of nitrogens with one attached hydrogen (secondary N) is 2. The minimum Gasteiger partial charge on any atom is -0.464 e. The fourth-order valence-corrected chi connectivity index (χ4v) is 2.75. The third kappa shape index (κ3) is 6.87. The summed E-state index contributed by atoms with van der Waals surface area (Å²) in [5, 5.41) is 6.21. The molecule has 0 unspecified atom stereocenters. The Bertz CT molecular complexity index is 876. The van der Waals surface area contributed by atoms with Gasteiger partial charge < -0.3 is 24.8 Å². The van der Waals surface area contributed by atoms with Crippen molar-refractivity contribution in [2.75, 3.05) is 37.0 Å². The minimum atomic E-state index is -0.352. The number of carbonyl (C=O) groups excluding carboxylic acids is 2. The van der Waals surface area contributed by atoms with Crippen LogP contribution in [0.5, 0.6) is 6.01 Å². The summed E-state index contributed by atoms with van der Waals surface area (Å²) in [5.41, 5.74) is 1.73. The van der Waals surface area contributed by atoms with Crippen LogP contribution in [0.1, 0.15) is 31.7 Å². The summed E-state index contributed by atoms with van der Waals surface area (Å²) in [7, 11) is 0. The standard InChI is InChI=1S/C20H25N5O5/c1-2-28-20-24-18-21-10-4-7-16(26)29-11-12-30-17(27)9-8-14-5-3-6-15(13-14)22-19(23-18)25-20/h3,5-6,13H,2,4,7-12H2,1H3,(H2,21,22,23,24,25). The van der Waals surface area contributed by atoms with Crippen LogP contribution in [-0.2, 0) is 25.5 Å². The molecule has 10 heteroatoms. The van der Waals surface area contributed by atoms with Gasteiger partial charge in [0.1, 0.15) is 13.2 Å². The molecule has 1 aliphatic rings. The molecule has 10 nitrogen and oxygen atoms in total. The topological polar surface area (TPSA) is 125 Å². The Labute approximate surface area is 174 Å². The summed E-state index contributed by atoms with van der Waals surface area (Å²) in [6.45, 7) is 2.83. The van der Waals surface area contributed by atoms with Gasteiger partial charge in [0.05, 0.1) is 6.61 Å². The summed E-state index contributed by atoms with van der Waals surface area (Å²) in [4.78, 5) is 36.5. The maximum atomic E-state index is 11.9. The van der Waals surface area contributed by atoms with Crippen LogP contribution in [0.2, 0.25) is 0 Å². The number of ether oxygens (including phenoxy) is 3. The van der Waals surface area contributed by atoms with Crippen molar-refractivity contribution in [3.8, 4) is 6.01 Å². The Morgan fingerprint density at radius 1 is 1.00 bits per heavy atom. The lowest BCUT2D eigenvalue weighted by Gasteiger charge is -2.11. The van der Waals surface area contributed by atoms with Gasteiger partial charge in [-0.05, 0) is 37.5 Å². The molecule has 0 fully saturated rings. The highest BCUT2D eigenvalue weighted by Gasteiger charge is 2.11. The van der Waals surface area contributed by atoms with Crippen molar-refractivity contribution >= 4 is 29.5 Å². The van der Waals surface area contributed by atoms with Gasteiger partial charge in [0.2, 0.25) is 11.9 Å². The maximum absolute atomic E-state index is 11.9. The van der Waals surface area contributed by atoms with Crippen molar-refractivity contribution in [1.29, 1.82) is 0 Å². The number of fused-ring (bicyclic) bond motifs is 4. The first-order valence-corrected chi connectivity index (χ1v) is 9.92. The van der Waals surface area contributed by atoms with Gasteiger partial charge in [-0.1, -0.05) is 12.1 Å². The first kappa shape index (κ1) is 21.3. The van der Waals surface area contributed by atoms with Crippen LogP contribution < -0.4 is 15.4 Å². The van der Waals surface area contributed by atoms with E-state index in [0.29, 0.717) is 37.9 Å². The molecule has 1 aromatic heterocycles. The molecular weight excluding hydrogens is 390 g/mol. The summed E-state index contributed by atoms with van der Waals surface area (Å²) in [6, 6.07) is 7.80. The van der Waals surface area contributed by atoms with E-state index in [-0.39, 0.29) is 44.0 Å². The number of hydrogen-bond acceptors (Lipinski definition) is 10. The molecule has 2 aromatic rings. The lowest BCUT2D eigenvalue weighted by molar-refractivity contribution is -0.152. The highest BCUT2D eigenvalue weighted by atomic mass is 16.6. The average molecular weight is 415 g/mol. The van der Waals surface area contributed by atoms with E-state index in [1.807, 2.05) is 31.2 Å². The van der Waals surface area contributed by atoms with Gasteiger partial charge in [0, 0.05) is 25.1 Å². The van der Waals surface area contributed by atoms with Crippen molar-refractivity contribution in [1.82, 2.24) is 15.0 Å². The van der Waals surface area contributed by atoms with Crippen LogP contribution in [0, 0.1) is 0 Å². The Kier molecular flexibility index (Phi) is 7.76. The molecule has 0 saturated carbocycles. The molecule has 160 valence electrons. The zero-order valence-electron chi connectivity index (χ0n) is 16.8. The van der Waals surface area contributed by atoms with Crippen LogP contribution in [0.25, 0.3) is 0 Å². The number of aromatic nitrogens is 3. The molecule has 2 heterocycles. The predicted molar refractivity (Wildman–Crippen MR) is 109 cm³/mol. The van der Waals surface area contributed by atoms with Crippen molar-refractivity contribution in [3.05, 3.63) is 29.8 Å². The Balaban J connectivity index is 1.79. The molecule has 0 saturated heterocycles. The fraction of sp³-hybridized carbons (Fsp3) is 0.450. The molecule has 0 aliphatic carbocycles. The van der Waals surface area contributed by atoms with E-state index in [1.54, 1.807) is 0 Å². The number of aryl methyl sites for hydroxylation is 1. The normalized spacial score (nSPS) is 15.9. The van der Waals surface area contributed by atoms with Gasteiger partial charge in [0.15, 0.2) is 0 Å². The number of cyclic esters (lactones) is 2. The summed E-state index contributed by atoms with van der Waals surface area (Å²) in [5.74, 6) is -0.0213. The lowest BCUT2D eigenvalue weighted by atomic mass is 10.1. The van der Waals surface area contributed by atoms with Crippen molar-refractivity contribution in [2.24, 2.45) is 0 Å². The molecule has 30 heavy (non-hydrogen) atoms. The second-order valence-corrected chi connectivity index (χ2v) is 6.49.